The van der Waals surface area contributed by atoms with Gasteiger partial charge in [0.05, 0.1) is 11.5 Å². The minimum atomic E-state index is -0.331. The molecule has 0 spiro atoms. The van der Waals surface area contributed by atoms with Crippen LogP contribution in [0.1, 0.15) is 45.6 Å². The van der Waals surface area contributed by atoms with E-state index in [1.807, 2.05) is 45.0 Å². The number of para-hydroxylation sites is 1. The Bertz CT molecular complexity index is 499. The minimum Gasteiger partial charge on any atom is -0.382 e. The second kappa shape index (κ2) is 6.48. The quantitative estimate of drug-likeness (QED) is 0.876. The SMILES string of the molecule is CCOC(C)(C)CNC(=O)C1CC(C)Nc2ccccc21. The predicted molar refractivity (Wildman–Crippen MR) is 85.6 cm³/mol. The van der Waals surface area contributed by atoms with E-state index in [2.05, 4.69) is 17.6 Å². The number of carbonyl (C=O) groups excluding carboxylic acids is 1. The summed E-state index contributed by atoms with van der Waals surface area (Å²) in [7, 11) is 0. The van der Waals surface area contributed by atoms with E-state index in [1.165, 1.54) is 0 Å². The van der Waals surface area contributed by atoms with Crippen molar-refractivity contribution in [2.45, 2.75) is 51.7 Å². The molecule has 2 rings (SSSR count). The van der Waals surface area contributed by atoms with Crippen molar-refractivity contribution < 1.29 is 9.53 Å². The Morgan fingerprint density at radius 1 is 1.43 bits per heavy atom. The van der Waals surface area contributed by atoms with E-state index in [1.54, 1.807) is 0 Å². The molecule has 0 radical (unpaired) electrons. The molecule has 0 saturated carbocycles. The zero-order valence-electron chi connectivity index (χ0n) is 13.4. The van der Waals surface area contributed by atoms with Crippen LogP contribution in [0, 0.1) is 0 Å². The molecule has 0 aromatic heterocycles. The molecule has 4 heteroatoms. The lowest BCUT2D eigenvalue weighted by Crippen LogP contribution is -2.43. The van der Waals surface area contributed by atoms with E-state index in [-0.39, 0.29) is 17.4 Å². The Morgan fingerprint density at radius 3 is 2.86 bits per heavy atom. The zero-order valence-corrected chi connectivity index (χ0v) is 13.4. The summed E-state index contributed by atoms with van der Waals surface area (Å²) in [6, 6.07) is 8.36. The largest absolute Gasteiger partial charge is 0.382 e. The van der Waals surface area contributed by atoms with Crippen molar-refractivity contribution in [3.8, 4) is 0 Å². The van der Waals surface area contributed by atoms with Crippen LogP contribution in [0.2, 0.25) is 0 Å². The number of ether oxygens (including phenoxy) is 1. The summed E-state index contributed by atoms with van der Waals surface area (Å²) in [5.41, 5.74) is 1.82. The third-order valence-electron chi connectivity index (χ3n) is 3.87. The molecule has 1 aromatic carbocycles. The zero-order chi connectivity index (χ0) is 15.5. The van der Waals surface area contributed by atoms with Crippen molar-refractivity contribution in [2.24, 2.45) is 0 Å². The summed E-state index contributed by atoms with van der Waals surface area (Å²) in [4.78, 5) is 12.6. The first kappa shape index (κ1) is 15.8. The van der Waals surface area contributed by atoms with Crippen LogP contribution in [0.4, 0.5) is 5.69 Å². The van der Waals surface area contributed by atoms with Gasteiger partial charge in [0, 0.05) is 24.9 Å². The number of carbonyl (C=O) groups is 1. The second-order valence-corrected chi connectivity index (χ2v) is 6.33. The Kier molecular flexibility index (Phi) is 4.88. The molecule has 0 saturated heterocycles. The first-order valence-electron chi connectivity index (χ1n) is 7.70. The summed E-state index contributed by atoms with van der Waals surface area (Å²) in [6.45, 7) is 9.25. The lowest BCUT2D eigenvalue weighted by atomic mass is 9.86. The predicted octanol–water partition coefficient (Wildman–Crippen LogP) is 2.91. The highest BCUT2D eigenvalue weighted by Crippen LogP contribution is 2.34. The van der Waals surface area contributed by atoms with Crippen LogP contribution in [-0.4, -0.2) is 30.7 Å². The van der Waals surface area contributed by atoms with Crippen molar-refractivity contribution in [1.82, 2.24) is 5.32 Å². The topological polar surface area (TPSA) is 50.4 Å². The van der Waals surface area contributed by atoms with Crippen LogP contribution in [0.5, 0.6) is 0 Å². The van der Waals surface area contributed by atoms with Crippen molar-refractivity contribution in [3.05, 3.63) is 29.8 Å². The molecule has 0 bridgehead atoms. The van der Waals surface area contributed by atoms with Crippen molar-refractivity contribution in [3.63, 3.8) is 0 Å². The summed E-state index contributed by atoms with van der Waals surface area (Å²) >= 11 is 0. The molecule has 1 aromatic rings. The van der Waals surface area contributed by atoms with E-state index in [0.29, 0.717) is 19.2 Å². The monoisotopic (exact) mass is 290 g/mol. The van der Waals surface area contributed by atoms with Crippen molar-refractivity contribution >= 4 is 11.6 Å². The van der Waals surface area contributed by atoms with E-state index < -0.39 is 0 Å². The lowest BCUT2D eigenvalue weighted by Gasteiger charge is -2.32. The van der Waals surface area contributed by atoms with Gasteiger partial charge in [-0.1, -0.05) is 18.2 Å². The van der Waals surface area contributed by atoms with Gasteiger partial charge in [-0.05, 0) is 45.7 Å². The first-order valence-corrected chi connectivity index (χ1v) is 7.70. The molecule has 2 atom stereocenters. The molecule has 1 heterocycles. The number of amides is 1. The van der Waals surface area contributed by atoms with E-state index in [0.717, 1.165) is 17.7 Å². The van der Waals surface area contributed by atoms with E-state index in [4.69, 9.17) is 4.74 Å². The highest BCUT2D eigenvalue weighted by Gasteiger charge is 2.30. The Labute approximate surface area is 127 Å². The van der Waals surface area contributed by atoms with Gasteiger partial charge in [-0.25, -0.2) is 0 Å². The van der Waals surface area contributed by atoms with Gasteiger partial charge < -0.3 is 15.4 Å². The average molecular weight is 290 g/mol. The van der Waals surface area contributed by atoms with Crippen LogP contribution in [0.15, 0.2) is 24.3 Å². The maximum Gasteiger partial charge on any atom is 0.227 e. The van der Waals surface area contributed by atoms with Crippen LogP contribution in [0.25, 0.3) is 0 Å². The third-order valence-corrected chi connectivity index (χ3v) is 3.87. The van der Waals surface area contributed by atoms with Gasteiger partial charge in [0.1, 0.15) is 0 Å². The highest BCUT2D eigenvalue weighted by atomic mass is 16.5. The molecule has 4 nitrogen and oxygen atoms in total. The molecule has 2 N–H and O–H groups in total. The molecule has 0 aliphatic carbocycles. The number of fused-ring (bicyclic) bond motifs is 1. The van der Waals surface area contributed by atoms with Gasteiger partial charge in [-0.3, -0.25) is 4.79 Å². The summed E-state index contributed by atoms with van der Waals surface area (Å²) < 4.78 is 5.63. The maximum absolute atomic E-state index is 12.6. The van der Waals surface area contributed by atoms with Crippen molar-refractivity contribution in [2.75, 3.05) is 18.5 Å². The summed E-state index contributed by atoms with van der Waals surface area (Å²) in [6.07, 6.45) is 0.817. The molecule has 1 aliphatic rings. The summed E-state index contributed by atoms with van der Waals surface area (Å²) in [5.74, 6) is -0.00143. The normalized spacial score (nSPS) is 21.3. The van der Waals surface area contributed by atoms with Crippen molar-refractivity contribution in [1.29, 1.82) is 0 Å². The molecular formula is C17H26N2O2. The molecule has 21 heavy (non-hydrogen) atoms. The Morgan fingerprint density at radius 2 is 2.14 bits per heavy atom. The fraction of sp³-hybridized carbons (Fsp3) is 0.588. The summed E-state index contributed by atoms with van der Waals surface area (Å²) in [5, 5.41) is 6.48. The lowest BCUT2D eigenvalue weighted by molar-refractivity contribution is -0.124. The van der Waals surface area contributed by atoms with Crippen LogP contribution < -0.4 is 10.6 Å². The number of hydrogen-bond donors (Lipinski definition) is 2. The number of nitrogens with one attached hydrogen (secondary N) is 2. The Hall–Kier alpha value is -1.55. The molecule has 2 unspecified atom stereocenters. The smallest absolute Gasteiger partial charge is 0.227 e. The fourth-order valence-electron chi connectivity index (χ4n) is 2.85. The van der Waals surface area contributed by atoms with Gasteiger partial charge >= 0.3 is 0 Å². The number of rotatable bonds is 5. The van der Waals surface area contributed by atoms with Gasteiger partial charge in [-0.15, -0.1) is 0 Å². The van der Waals surface area contributed by atoms with Gasteiger partial charge in [0.2, 0.25) is 5.91 Å². The first-order chi connectivity index (χ1) is 9.93. The van der Waals surface area contributed by atoms with Gasteiger partial charge in [0.15, 0.2) is 0 Å². The Balaban J connectivity index is 2.06. The maximum atomic E-state index is 12.6. The third kappa shape index (κ3) is 3.97. The molecule has 1 aliphatic heterocycles. The van der Waals surface area contributed by atoms with Crippen LogP contribution >= 0.6 is 0 Å². The van der Waals surface area contributed by atoms with Crippen LogP contribution in [-0.2, 0) is 9.53 Å². The average Bonchev–Trinajstić information content (AvgIpc) is 2.44. The molecule has 0 fully saturated rings. The minimum absolute atomic E-state index is 0.0866. The molecule has 1 amide bonds. The highest BCUT2D eigenvalue weighted by molar-refractivity contribution is 5.86. The van der Waals surface area contributed by atoms with E-state index in [9.17, 15) is 4.79 Å². The van der Waals surface area contributed by atoms with Gasteiger partial charge in [-0.2, -0.15) is 0 Å². The fourth-order valence-corrected chi connectivity index (χ4v) is 2.85. The number of hydrogen-bond acceptors (Lipinski definition) is 3. The van der Waals surface area contributed by atoms with Crippen LogP contribution in [0.3, 0.4) is 0 Å². The van der Waals surface area contributed by atoms with Gasteiger partial charge in [0.25, 0.3) is 0 Å². The molecule has 116 valence electrons. The number of benzene rings is 1. The second-order valence-electron chi connectivity index (χ2n) is 6.33. The number of anilines is 1. The molecular weight excluding hydrogens is 264 g/mol. The van der Waals surface area contributed by atoms with E-state index >= 15 is 0 Å². The standard InChI is InChI=1S/C17H26N2O2/c1-5-21-17(3,4)11-18-16(20)14-10-12(2)19-15-9-7-6-8-13(14)15/h6-9,12,14,19H,5,10-11H2,1-4H3,(H,18,20).